The van der Waals surface area contributed by atoms with Crippen molar-refractivity contribution >= 4 is 22.7 Å². The Bertz CT molecular complexity index is 1610. The number of pyridine rings is 1. The van der Waals surface area contributed by atoms with Crippen molar-refractivity contribution in [1.29, 1.82) is 0 Å². The number of rotatable bonds is 6. The van der Waals surface area contributed by atoms with E-state index in [0.29, 0.717) is 16.7 Å². The topological polar surface area (TPSA) is 125 Å². The van der Waals surface area contributed by atoms with E-state index in [-0.39, 0.29) is 24.6 Å². The van der Waals surface area contributed by atoms with Crippen LogP contribution in [0.25, 0.3) is 21.9 Å². The highest BCUT2D eigenvalue weighted by molar-refractivity contribution is 6.07. The van der Waals surface area contributed by atoms with Crippen LogP contribution in [0.4, 0.5) is 4.79 Å². The van der Waals surface area contributed by atoms with Crippen molar-refractivity contribution in [3.63, 3.8) is 0 Å². The SMILES string of the molecule is CC#CCOc1ccc2cn(C[C@@]3(c4ccc(-c5cc[nH]c(=O)c5)cc4)NC(=O)NC3=O)c(O)c2c1. The monoisotopic (exact) mass is 482 g/mol. The van der Waals surface area contributed by atoms with Gasteiger partial charge >= 0.3 is 6.03 Å². The van der Waals surface area contributed by atoms with Crippen LogP contribution in [0.2, 0.25) is 0 Å². The van der Waals surface area contributed by atoms with Crippen LogP contribution in [-0.4, -0.2) is 33.2 Å². The van der Waals surface area contributed by atoms with Crippen molar-refractivity contribution in [1.82, 2.24) is 20.2 Å². The van der Waals surface area contributed by atoms with Gasteiger partial charge in [-0.25, -0.2) is 4.79 Å². The number of H-pyrrole nitrogens is 1. The average Bonchev–Trinajstić information content (AvgIpc) is 3.34. The highest BCUT2D eigenvalue weighted by Gasteiger charge is 2.48. The van der Waals surface area contributed by atoms with Gasteiger partial charge in [0.25, 0.3) is 5.91 Å². The van der Waals surface area contributed by atoms with E-state index < -0.39 is 17.5 Å². The number of ether oxygens (including phenoxy) is 1. The second-order valence-electron chi connectivity index (χ2n) is 8.38. The van der Waals surface area contributed by atoms with Crippen LogP contribution in [0.1, 0.15) is 12.5 Å². The zero-order valence-electron chi connectivity index (χ0n) is 19.3. The molecule has 36 heavy (non-hydrogen) atoms. The average molecular weight is 482 g/mol. The largest absolute Gasteiger partial charge is 0.494 e. The minimum atomic E-state index is -1.45. The molecule has 3 amide bonds. The van der Waals surface area contributed by atoms with E-state index >= 15 is 0 Å². The third-order valence-electron chi connectivity index (χ3n) is 6.16. The van der Waals surface area contributed by atoms with Gasteiger partial charge in [0.15, 0.2) is 11.4 Å². The zero-order chi connectivity index (χ0) is 25.3. The van der Waals surface area contributed by atoms with Gasteiger partial charge in [-0.2, -0.15) is 0 Å². The summed E-state index contributed by atoms with van der Waals surface area (Å²) in [7, 11) is 0. The van der Waals surface area contributed by atoms with Crippen LogP contribution < -0.4 is 20.9 Å². The predicted octanol–water partition coefficient (Wildman–Crippen LogP) is 2.84. The van der Waals surface area contributed by atoms with E-state index in [0.717, 1.165) is 16.5 Å². The second kappa shape index (κ2) is 9.00. The van der Waals surface area contributed by atoms with Crippen LogP contribution in [0, 0.1) is 11.8 Å². The lowest BCUT2D eigenvalue weighted by Crippen LogP contribution is -2.47. The molecule has 1 aliphatic rings. The Morgan fingerprint density at radius 1 is 1.03 bits per heavy atom. The molecule has 2 aromatic carbocycles. The van der Waals surface area contributed by atoms with Crippen molar-refractivity contribution in [3.05, 3.63) is 82.9 Å². The maximum absolute atomic E-state index is 13.1. The summed E-state index contributed by atoms with van der Waals surface area (Å²) in [6.45, 7) is 1.90. The summed E-state index contributed by atoms with van der Waals surface area (Å²) in [5, 5.41) is 17.3. The van der Waals surface area contributed by atoms with Gasteiger partial charge in [0.1, 0.15) is 12.4 Å². The Hall–Kier alpha value is -4.97. The molecule has 0 radical (unpaired) electrons. The number of urea groups is 1. The summed E-state index contributed by atoms with van der Waals surface area (Å²) in [5.41, 5.74) is 0.346. The summed E-state index contributed by atoms with van der Waals surface area (Å²) in [6, 6.07) is 14.9. The molecule has 9 nitrogen and oxygen atoms in total. The minimum absolute atomic E-state index is 0.0487. The number of hydrogen-bond acceptors (Lipinski definition) is 5. The molecule has 1 aliphatic heterocycles. The molecule has 1 saturated heterocycles. The molecule has 0 spiro atoms. The van der Waals surface area contributed by atoms with Gasteiger partial charge in [0, 0.05) is 29.2 Å². The molecule has 0 aliphatic carbocycles. The molecule has 2 aromatic heterocycles. The Balaban J connectivity index is 1.51. The van der Waals surface area contributed by atoms with Crippen molar-refractivity contribution in [2.45, 2.75) is 19.0 Å². The number of aromatic hydroxyl groups is 1. The summed E-state index contributed by atoms with van der Waals surface area (Å²) in [4.78, 5) is 39.5. The molecule has 0 saturated carbocycles. The molecule has 0 bridgehead atoms. The molecule has 4 aromatic rings. The number of aromatic nitrogens is 2. The Labute approximate surface area is 205 Å². The molecule has 5 rings (SSSR count). The van der Waals surface area contributed by atoms with Crippen molar-refractivity contribution in [2.24, 2.45) is 0 Å². The Morgan fingerprint density at radius 2 is 1.83 bits per heavy atom. The van der Waals surface area contributed by atoms with Gasteiger partial charge in [-0.05, 0) is 47.9 Å². The first-order valence-electron chi connectivity index (χ1n) is 11.2. The van der Waals surface area contributed by atoms with E-state index in [1.807, 2.05) is 0 Å². The van der Waals surface area contributed by atoms with Gasteiger partial charge < -0.3 is 24.7 Å². The second-order valence-corrected chi connectivity index (χ2v) is 8.38. The third kappa shape index (κ3) is 4.05. The fourth-order valence-corrected chi connectivity index (χ4v) is 4.35. The number of nitrogens with one attached hydrogen (secondary N) is 3. The fourth-order valence-electron chi connectivity index (χ4n) is 4.35. The highest BCUT2D eigenvalue weighted by Crippen LogP contribution is 2.35. The summed E-state index contributed by atoms with van der Waals surface area (Å²) < 4.78 is 7.11. The quantitative estimate of drug-likeness (QED) is 0.248. The highest BCUT2D eigenvalue weighted by atomic mass is 16.5. The van der Waals surface area contributed by atoms with Crippen LogP contribution in [0.15, 0.2) is 71.8 Å². The fraction of sp³-hybridized carbons (Fsp3) is 0.148. The normalized spacial score (nSPS) is 16.8. The number of carbonyl (C=O) groups is 2. The first kappa shape index (κ1) is 22.8. The molecule has 180 valence electrons. The summed E-state index contributed by atoms with van der Waals surface area (Å²) >= 11 is 0. The lowest BCUT2D eigenvalue weighted by molar-refractivity contribution is -0.124. The maximum Gasteiger partial charge on any atom is 0.322 e. The lowest BCUT2D eigenvalue weighted by Gasteiger charge is -2.27. The van der Waals surface area contributed by atoms with Crippen LogP contribution in [0.5, 0.6) is 11.6 Å². The zero-order valence-corrected chi connectivity index (χ0v) is 19.3. The Kier molecular flexibility index (Phi) is 5.70. The van der Waals surface area contributed by atoms with E-state index in [2.05, 4.69) is 27.5 Å². The molecule has 1 fully saturated rings. The molecule has 0 unspecified atom stereocenters. The van der Waals surface area contributed by atoms with E-state index in [9.17, 15) is 19.5 Å². The van der Waals surface area contributed by atoms with Crippen molar-refractivity contribution in [2.75, 3.05) is 6.61 Å². The van der Waals surface area contributed by atoms with Gasteiger partial charge in [-0.1, -0.05) is 30.2 Å². The van der Waals surface area contributed by atoms with Crippen LogP contribution in [0.3, 0.4) is 0 Å². The molecular weight excluding hydrogens is 460 g/mol. The number of nitrogens with zero attached hydrogens (tertiary/aromatic N) is 1. The molecule has 1 atom stereocenters. The molecule has 3 heterocycles. The molecule has 9 heteroatoms. The smallest absolute Gasteiger partial charge is 0.322 e. The standard InChI is InChI=1S/C27H22N4O5/c1-2-3-12-36-21-9-6-19-15-31(24(33)22(19)14-21)16-27(25(34)29-26(35)30-27)20-7-4-17(5-8-20)18-10-11-28-23(32)13-18/h4-11,13-15,33H,12,16H2,1H3,(H,28,32)(H2,29,30,34,35)/t27-/m0/s1. The van der Waals surface area contributed by atoms with Crippen LogP contribution in [-0.2, 0) is 16.9 Å². The van der Waals surface area contributed by atoms with Gasteiger partial charge in [0.2, 0.25) is 5.56 Å². The number of aromatic amines is 1. The lowest BCUT2D eigenvalue weighted by atomic mass is 9.88. The number of carbonyl (C=O) groups excluding carboxylic acids is 2. The van der Waals surface area contributed by atoms with E-state index in [1.165, 1.54) is 10.6 Å². The van der Waals surface area contributed by atoms with E-state index in [1.54, 1.807) is 67.8 Å². The Morgan fingerprint density at radius 3 is 2.53 bits per heavy atom. The molecular formula is C27H22N4O5. The number of benzene rings is 2. The summed E-state index contributed by atoms with van der Waals surface area (Å²) in [6.07, 6.45) is 3.27. The van der Waals surface area contributed by atoms with Gasteiger partial charge in [-0.15, -0.1) is 5.92 Å². The van der Waals surface area contributed by atoms with Gasteiger partial charge in [-0.3, -0.25) is 14.9 Å². The van der Waals surface area contributed by atoms with Crippen molar-refractivity contribution in [3.8, 4) is 34.6 Å². The first-order valence-corrected chi connectivity index (χ1v) is 11.2. The number of imide groups is 1. The third-order valence-corrected chi connectivity index (χ3v) is 6.16. The van der Waals surface area contributed by atoms with Crippen molar-refractivity contribution < 1.29 is 19.4 Å². The first-order chi connectivity index (χ1) is 17.4. The number of hydrogen-bond donors (Lipinski definition) is 4. The molecule has 4 N–H and O–H groups in total. The van der Waals surface area contributed by atoms with Gasteiger partial charge in [0.05, 0.1) is 6.54 Å². The van der Waals surface area contributed by atoms with E-state index in [4.69, 9.17) is 4.74 Å². The maximum atomic E-state index is 13.1. The number of fused-ring (bicyclic) bond motifs is 1. The predicted molar refractivity (Wildman–Crippen MR) is 133 cm³/mol. The van der Waals surface area contributed by atoms with Crippen LogP contribution >= 0.6 is 0 Å². The summed E-state index contributed by atoms with van der Waals surface area (Å²) in [5.74, 6) is 5.53. The minimum Gasteiger partial charge on any atom is -0.494 e. The number of amides is 3.